The number of aliphatic hydroxyl groups is 2. The summed E-state index contributed by atoms with van der Waals surface area (Å²) in [4.78, 5) is 22.9. The number of amides is 1. The van der Waals surface area contributed by atoms with E-state index in [4.69, 9.17) is 19.4 Å². The highest BCUT2D eigenvalue weighted by Crippen LogP contribution is 2.32. The molecule has 0 saturated carbocycles. The van der Waals surface area contributed by atoms with E-state index in [2.05, 4.69) is 33.3 Å². The van der Waals surface area contributed by atoms with Gasteiger partial charge in [-0.25, -0.2) is 4.98 Å². The third-order valence-corrected chi connectivity index (χ3v) is 6.49. The van der Waals surface area contributed by atoms with Crippen molar-refractivity contribution in [3.63, 3.8) is 0 Å². The second-order valence-corrected chi connectivity index (χ2v) is 9.24. The molecular weight excluding hydrogens is 474 g/mol. The lowest BCUT2D eigenvalue weighted by molar-refractivity contribution is -0.124. The summed E-state index contributed by atoms with van der Waals surface area (Å²) in [6.07, 6.45) is 4.87. The largest absolute Gasteiger partial charge is 0.490 e. The monoisotopic (exact) mass is 509 g/mol. The SMILES string of the molecule is CCc1cc(-c2nc(-c3cc(C)c(OC[C@H](O)CNC(=O)CO)c(CC)c3)no2)cnc1N1CCCC1. The summed E-state index contributed by atoms with van der Waals surface area (Å²) < 4.78 is 11.5. The van der Waals surface area contributed by atoms with Gasteiger partial charge >= 0.3 is 0 Å². The van der Waals surface area contributed by atoms with E-state index >= 15 is 0 Å². The number of aryl methyl sites for hydroxylation is 3. The van der Waals surface area contributed by atoms with Gasteiger partial charge in [-0.2, -0.15) is 4.98 Å². The molecule has 0 aliphatic carbocycles. The first-order valence-corrected chi connectivity index (χ1v) is 12.8. The summed E-state index contributed by atoms with van der Waals surface area (Å²) in [5, 5.41) is 25.5. The van der Waals surface area contributed by atoms with Gasteiger partial charge in [0, 0.05) is 31.4 Å². The fraction of sp³-hybridized carbons (Fsp3) is 0.481. The molecule has 198 valence electrons. The lowest BCUT2D eigenvalue weighted by Crippen LogP contribution is -2.36. The van der Waals surface area contributed by atoms with Crippen molar-refractivity contribution in [3.05, 3.63) is 41.1 Å². The average Bonchev–Trinajstić information content (AvgIpc) is 3.63. The van der Waals surface area contributed by atoms with E-state index in [0.29, 0.717) is 23.9 Å². The van der Waals surface area contributed by atoms with Crippen LogP contribution >= 0.6 is 0 Å². The number of nitrogens with zero attached hydrogens (tertiary/aromatic N) is 4. The molecule has 0 radical (unpaired) electrons. The van der Waals surface area contributed by atoms with Crippen molar-refractivity contribution in [1.82, 2.24) is 20.4 Å². The van der Waals surface area contributed by atoms with Gasteiger partial charge in [-0.3, -0.25) is 4.79 Å². The first kappa shape index (κ1) is 26.6. The maximum atomic E-state index is 11.2. The van der Waals surface area contributed by atoms with Crippen molar-refractivity contribution < 1.29 is 24.3 Å². The predicted octanol–water partition coefficient (Wildman–Crippen LogP) is 2.68. The maximum Gasteiger partial charge on any atom is 0.259 e. The van der Waals surface area contributed by atoms with Gasteiger partial charge in [-0.1, -0.05) is 19.0 Å². The van der Waals surface area contributed by atoms with E-state index in [0.717, 1.165) is 47.6 Å². The summed E-state index contributed by atoms with van der Waals surface area (Å²) in [6, 6.07) is 5.98. The molecule has 3 aromatic rings. The summed E-state index contributed by atoms with van der Waals surface area (Å²) >= 11 is 0. The van der Waals surface area contributed by atoms with Gasteiger partial charge in [0.25, 0.3) is 5.89 Å². The average molecular weight is 510 g/mol. The number of aromatic nitrogens is 3. The van der Waals surface area contributed by atoms with Crippen LogP contribution in [0.5, 0.6) is 5.75 Å². The standard InChI is InChI=1S/C27H35N5O5/c1-4-18-11-20(10-17(3)24(18)36-16-22(34)14-28-23(35)15-33)25-30-27(37-31-25)21-12-19(5-2)26(29-13-21)32-8-6-7-9-32/h10-13,22,33-34H,4-9,14-16H2,1-3H3,(H,28,35)/t22-/m1/s1. The normalized spacial score (nSPS) is 14.1. The van der Waals surface area contributed by atoms with E-state index in [1.807, 2.05) is 26.0 Å². The highest BCUT2D eigenvalue weighted by molar-refractivity contribution is 5.76. The van der Waals surface area contributed by atoms with Gasteiger partial charge in [0.15, 0.2) is 0 Å². The van der Waals surface area contributed by atoms with Crippen LogP contribution in [0.3, 0.4) is 0 Å². The van der Waals surface area contributed by atoms with Crippen molar-refractivity contribution >= 4 is 11.7 Å². The zero-order valence-electron chi connectivity index (χ0n) is 21.7. The summed E-state index contributed by atoms with van der Waals surface area (Å²) in [5.74, 6) is 2.08. The van der Waals surface area contributed by atoms with Crippen molar-refractivity contribution in [3.8, 4) is 28.6 Å². The molecule has 1 amide bonds. The second kappa shape index (κ2) is 12.2. The number of hydrogen-bond acceptors (Lipinski definition) is 9. The van der Waals surface area contributed by atoms with Crippen molar-refractivity contribution in [2.75, 3.05) is 37.7 Å². The number of carbonyl (C=O) groups is 1. The Morgan fingerprint density at radius 1 is 1.16 bits per heavy atom. The third kappa shape index (κ3) is 6.26. The Kier molecular flexibility index (Phi) is 8.73. The quantitative estimate of drug-likeness (QED) is 0.357. The van der Waals surface area contributed by atoms with Crippen molar-refractivity contribution in [1.29, 1.82) is 0 Å². The molecule has 10 heteroatoms. The zero-order chi connectivity index (χ0) is 26.4. The van der Waals surface area contributed by atoms with Crippen LogP contribution < -0.4 is 15.0 Å². The van der Waals surface area contributed by atoms with E-state index in [1.54, 1.807) is 6.20 Å². The number of pyridine rings is 1. The van der Waals surface area contributed by atoms with Gasteiger partial charge < -0.3 is 29.7 Å². The molecule has 1 atom stereocenters. The Bertz CT molecular complexity index is 1220. The van der Waals surface area contributed by atoms with Crippen LogP contribution in [-0.2, 0) is 17.6 Å². The molecule has 4 rings (SSSR count). The van der Waals surface area contributed by atoms with E-state index in [9.17, 15) is 9.90 Å². The Labute approximate surface area is 216 Å². The summed E-state index contributed by atoms with van der Waals surface area (Å²) in [6.45, 7) is 7.54. The molecule has 3 heterocycles. The lowest BCUT2D eigenvalue weighted by Gasteiger charge is -2.19. The lowest BCUT2D eigenvalue weighted by atomic mass is 10.0. The molecule has 0 spiro atoms. The molecule has 37 heavy (non-hydrogen) atoms. The van der Waals surface area contributed by atoms with E-state index in [-0.39, 0.29) is 13.2 Å². The number of anilines is 1. The number of carbonyl (C=O) groups excluding carboxylic acids is 1. The Morgan fingerprint density at radius 2 is 1.89 bits per heavy atom. The van der Waals surface area contributed by atoms with Gasteiger partial charge in [0.05, 0.1) is 5.56 Å². The minimum absolute atomic E-state index is 0.00275. The fourth-order valence-corrected chi connectivity index (χ4v) is 4.52. The zero-order valence-corrected chi connectivity index (χ0v) is 21.7. The van der Waals surface area contributed by atoms with Crippen molar-refractivity contribution in [2.24, 2.45) is 0 Å². The summed E-state index contributed by atoms with van der Waals surface area (Å²) in [5.41, 5.74) is 4.59. The Morgan fingerprint density at radius 3 is 2.59 bits per heavy atom. The van der Waals surface area contributed by atoms with Crippen LogP contribution in [0.4, 0.5) is 5.82 Å². The molecule has 10 nitrogen and oxygen atoms in total. The fourth-order valence-electron chi connectivity index (χ4n) is 4.52. The minimum atomic E-state index is -0.905. The van der Waals surface area contributed by atoms with Gasteiger partial charge in [0.2, 0.25) is 11.7 Å². The van der Waals surface area contributed by atoms with Crippen LogP contribution in [0, 0.1) is 6.92 Å². The van der Waals surface area contributed by atoms with Gasteiger partial charge in [0.1, 0.15) is 30.9 Å². The molecule has 1 saturated heterocycles. The molecule has 0 unspecified atom stereocenters. The molecule has 3 N–H and O–H groups in total. The van der Waals surface area contributed by atoms with E-state index < -0.39 is 18.6 Å². The van der Waals surface area contributed by atoms with Gasteiger partial charge in [-0.05, 0) is 67.5 Å². The van der Waals surface area contributed by atoms with Crippen LogP contribution in [0.2, 0.25) is 0 Å². The van der Waals surface area contributed by atoms with Crippen LogP contribution in [0.1, 0.15) is 43.4 Å². The number of hydrogen-bond donors (Lipinski definition) is 3. The molecule has 1 aliphatic rings. The maximum absolute atomic E-state index is 11.2. The Balaban J connectivity index is 1.50. The number of rotatable bonds is 11. The molecule has 0 bridgehead atoms. The first-order valence-electron chi connectivity index (χ1n) is 12.8. The molecular formula is C27H35N5O5. The van der Waals surface area contributed by atoms with E-state index in [1.165, 1.54) is 18.4 Å². The number of nitrogens with one attached hydrogen (secondary N) is 1. The molecule has 2 aromatic heterocycles. The topological polar surface area (TPSA) is 134 Å². The smallest absolute Gasteiger partial charge is 0.259 e. The highest BCUT2D eigenvalue weighted by Gasteiger charge is 2.20. The molecule has 1 fully saturated rings. The minimum Gasteiger partial charge on any atom is -0.490 e. The van der Waals surface area contributed by atoms with Crippen LogP contribution in [-0.4, -0.2) is 70.2 Å². The third-order valence-electron chi connectivity index (χ3n) is 6.49. The highest BCUT2D eigenvalue weighted by atomic mass is 16.5. The number of ether oxygens (including phenoxy) is 1. The van der Waals surface area contributed by atoms with Crippen molar-refractivity contribution in [2.45, 2.75) is 52.6 Å². The molecule has 1 aliphatic heterocycles. The molecule has 1 aromatic carbocycles. The first-order chi connectivity index (χ1) is 17.9. The number of aliphatic hydroxyl groups excluding tert-OH is 2. The summed E-state index contributed by atoms with van der Waals surface area (Å²) in [7, 11) is 0. The Hall–Kier alpha value is -3.50. The van der Waals surface area contributed by atoms with Crippen LogP contribution in [0.15, 0.2) is 28.9 Å². The van der Waals surface area contributed by atoms with Crippen LogP contribution in [0.25, 0.3) is 22.8 Å². The number of benzene rings is 1. The second-order valence-electron chi connectivity index (χ2n) is 9.24. The predicted molar refractivity (Wildman–Crippen MR) is 140 cm³/mol. The van der Waals surface area contributed by atoms with Gasteiger partial charge in [-0.15, -0.1) is 0 Å².